The van der Waals surface area contributed by atoms with E-state index in [1.54, 1.807) is 18.2 Å². The van der Waals surface area contributed by atoms with Gasteiger partial charge < -0.3 is 4.90 Å². The van der Waals surface area contributed by atoms with Crippen molar-refractivity contribution >= 4 is 24.1 Å². The van der Waals surface area contributed by atoms with Crippen LogP contribution in [0.3, 0.4) is 0 Å². The first-order valence-corrected chi connectivity index (χ1v) is 9.81. The van der Waals surface area contributed by atoms with Gasteiger partial charge in [0.05, 0.1) is 11.3 Å². The fourth-order valence-electron chi connectivity index (χ4n) is 3.13. The molecule has 1 aromatic carbocycles. The van der Waals surface area contributed by atoms with E-state index in [1.165, 1.54) is 0 Å². The number of hydrogen-bond acceptors (Lipinski definition) is 3. The van der Waals surface area contributed by atoms with E-state index < -0.39 is 0 Å². The van der Waals surface area contributed by atoms with E-state index in [9.17, 15) is 4.79 Å². The van der Waals surface area contributed by atoms with Gasteiger partial charge in [-0.25, -0.2) is 0 Å². The Morgan fingerprint density at radius 1 is 1.32 bits per heavy atom. The maximum atomic E-state index is 13.3. The molecule has 0 N–H and O–H groups in total. The van der Waals surface area contributed by atoms with Crippen molar-refractivity contribution in [3.63, 3.8) is 0 Å². The number of para-hydroxylation sites is 1. The first-order valence-electron chi connectivity index (χ1n) is 9.36. The first-order chi connectivity index (χ1) is 13.6. The number of thiol groups is 1. The number of carbonyl (C=O) groups is 1. The van der Waals surface area contributed by atoms with Gasteiger partial charge in [0.1, 0.15) is 0 Å². The summed E-state index contributed by atoms with van der Waals surface area (Å²) < 4.78 is 0. The molecule has 1 aromatic rings. The fraction of sp³-hybridized carbons (Fsp3) is 0.160. The van der Waals surface area contributed by atoms with E-state index in [-0.39, 0.29) is 5.78 Å². The number of hydrogen-bond donors (Lipinski definition) is 1. The zero-order valence-electron chi connectivity index (χ0n) is 16.0. The van der Waals surface area contributed by atoms with Crippen LogP contribution in [0.2, 0.25) is 0 Å². The van der Waals surface area contributed by atoms with Crippen molar-refractivity contribution in [2.45, 2.75) is 24.7 Å². The molecule has 2 aliphatic rings. The van der Waals surface area contributed by atoms with Crippen LogP contribution in [0.15, 0.2) is 112 Å². The van der Waals surface area contributed by atoms with Crippen LogP contribution < -0.4 is 4.90 Å². The highest BCUT2D eigenvalue weighted by molar-refractivity contribution is 7.80. The van der Waals surface area contributed by atoms with Gasteiger partial charge >= 0.3 is 0 Å². The van der Waals surface area contributed by atoms with E-state index in [1.807, 2.05) is 54.4 Å². The molecule has 0 saturated heterocycles. The summed E-state index contributed by atoms with van der Waals surface area (Å²) in [5.74, 6) is -0.104. The normalized spacial score (nSPS) is 15.3. The zero-order chi connectivity index (χ0) is 19.9. The molecule has 0 aromatic heterocycles. The number of benzene rings is 1. The molecule has 0 aliphatic heterocycles. The first kappa shape index (κ1) is 19.8. The highest BCUT2D eigenvalue weighted by atomic mass is 32.1. The van der Waals surface area contributed by atoms with Crippen LogP contribution in [0.5, 0.6) is 0 Å². The maximum Gasteiger partial charge on any atom is 0.203 e. The van der Waals surface area contributed by atoms with Gasteiger partial charge in [-0.2, -0.15) is 0 Å². The van der Waals surface area contributed by atoms with Crippen molar-refractivity contribution in [1.29, 1.82) is 0 Å². The van der Waals surface area contributed by atoms with Gasteiger partial charge in [-0.3, -0.25) is 4.79 Å². The Morgan fingerprint density at radius 3 is 2.79 bits per heavy atom. The minimum Gasteiger partial charge on any atom is -0.347 e. The Morgan fingerprint density at radius 2 is 2.14 bits per heavy atom. The van der Waals surface area contributed by atoms with E-state index in [0.29, 0.717) is 17.7 Å². The molecule has 2 nitrogen and oxygen atoms in total. The highest BCUT2D eigenvalue weighted by Gasteiger charge is 2.21. The number of nitrogens with zero attached hydrogens (tertiary/aromatic N) is 1. The molecule has 0 bridgehead atoms. The Labute approximate surface area is 172 Å². The second-order valence-corrected chi connectivity index (χ2v) is 6.97. The van der Waals surface area contributed by atoms with Crippen LogP contribution in [0.25, 0.3) is 0 Å². The van der Waals surface area contributed by atoms with Crippen molar-refractivity contribution in [3.8, 4) is 0 Å². The number of Topliss-reactive ketones (excluding diaryl/α,β-unsaturated/α-hetero) is 1. The number of ketones is 1. The van der Waals surface area contributed by atoms with Crippen LogP contribution in [-0.4, -0.2) is 12.3 Å². The summed E-state index contributed by atoms with van der Waals surface area (Å²) in [5.41, 5.74) is 9.63. The van der Waals surface area contributed by atoms with Crippen LogP contribution in [-0.2, 0) is 4.79 Å². The third kappa shape index (κ3) is 4.47. The van der Waals surface area contributed by atoms with E-state index in [4.69, 9.17) is 0 Å². The van der Waals surface area contributed by atoms with Gasteiger partial charge in [-0.05, 0) is 55.2 Å². The summed E-state index contributed by atoms with van der Waals surface area (Å²) in [6.07, 6.45) is 15.2. The maximum absolute atomic E-state index is 13.3. The molecule has 0 unspecified atom stereocenters. The Hall–Kier alpha value is -2.96. The van der Waals surface area contributed by atoms with Gasteiger partial charge in [-0.1, -0.05) is 54.5 Å². The van der Waals surface area contributed by atoms with Crippen molar-refractivity contribution in [2.75, 3.05) is 11.4 Å². The quantitative estimate of drug-likeness (QED) is 0.273. The van der Waals surface area contributed by atoms with Gasteiger partial charge in [0, 0.05) is 23.2 Å². The molecule has 3 heteroatoms. The molecule has 0 heterocycles. The van der Waals surface area contributed by atoms with Crippen molar-refractivity contribution in [1.82, 2.24) is 0 Å². The SMILES string of the molecule is C=C(C1=CC=CCC1)/C(=C/N(CC)c1ccccc1S)C(=O)C1=C=C=CC=C1. The summed E-state index contributed by atoms with van der Waals surface area (Å²) in [5, 5.41) is 0. The van der Waals surface area contributed by atoms with Gasteiger partial charge in [-0.15, -0.1) is 12.6 Å². The number of rotatable bonds is 7. The highest BCUT2D eigenvalue weighted by Crippen LogP contribution is 2.30. The Bertz CT molecular complexity index is 1020. The zero-order valence-corrected chi connectivity index (χ0v) is 16.9. The third-order valence-electron chi connectivity index (χ3n) is 4.68. The molecule has 0 spiro atoms. The predicted octanol–water partition coefficient (Wildman–Crippen LogP) is 5.89. The Kier molecular flexibility index (Phi) is 6.57. The molecule has 140 valence electrons. The average molecular weight is 386 g/mol. The van der Waals surface area contributed by atoms with E-state index >= 15 is 0 Å². The summed E-state index contributed by atoms with van der Waals surface area (Å²) in [4.78, 5) is 16.2. The summed E-state index contributed by atoms with van der Waals surface area (Å²) in [6.45, 7) is 7.02. The molecular weight excluding hydrogens is 362 g/mol. The van der Waals surface area contributed by atoms with Gasteiger partial charge in [0.25, 0.3) is 0 Å². The van der Waals surface area contributed by atoms with E-state index in [0.717, 1.165) is 34.6 Å². The summed E-state index contributed by atoms with van der Waals surface area (Å²) in [6, 6.07) is 7.86. The topological polar surface area (TPSA) is 20.3 Å². The van der Waals surface area contributed by atoms with Crippen LogP contribution in [0.1, 0.15) is 19.8 Å². The lowest BCUT2D eigenvalue weighted by Gasteiger charge is -2.23. The molecular formula is C25H23NOS. The minimum atomic E-state index is -0.104. The van der Waals surface area contributed by atoms with Crippen LogP contribution in [0, 0.1) is 0 Å². The number of anilines is 1. The van der Waals surface area contributed by atoms with Gasteiger partial charge in [0.2, 0.25) is 5.78 Å². The summed E-state index contributed by atoms with van der Waals surface area (Å²) in [7, 11) is 0. The fourth-order valence-corrected chi connectivity index (χ4v) is 3.41. The average Bonchev–Trinajstić information content (AvgIpc) is 2.76. The van der Waals surface area contributed by atoms with E-state index in [2.05, 4.69) is 36.7 Å². The largest absolute Gasteiger partial charge is 0.347 e. The minimum absolute atomic E-state index is 0.104. The molecule has 2 aliphatic carbocycles. The lowest BCUT2D eigenvalue weighted by atomic mass is 9.89. The molecule has 0 radical (unpaired) electrons. The summed E-state index contributed by atoms with van der Waals surface area (Å²) >= 11 is 4.58. The number of allylic oxidation sites excluding steroid dienone is 10. The molecule has 3 rings (SSSR count). The standard InChI is InChI=1S/C25H23NOS/c1-3-26(23-16-10-11-17-24(23)28)18-22(19(2)20-12-6-4-7-13-20)25(27)21-14-8-5-9-15-21/h4-6,8,10-12,14,16-18,28H,2-3,7,13H2,1H3/b22-18-. The predicted molar refractivity (Wildman–Crippen MR) is 120 cm³/mol. The third-order valence-corrected chi connectivity index (χ3v) is 5.06. The van der Waals surface area contributed by atoms with Crippen molar-refractivity contribution < 1.29 is 4.79 Å². The van der Waals surface area contributed by atoms with Crippen molar-refractivity contribution in [3.05, 3.63) is 107 Å². The van der Waals surface area contributed by atoms with Crippen LogP contribution in [0.4, 0.5) is 5.69 Å². The molecule has 0 atom stereocenters. The smallest absolute Gasteiger partial charge is 0.203 e. The lowest BCUT2D eigenvalue weighted by Crippen LogP contribution is -2.20. The van der Waals surface area contributed by atoms with Crippen LogP contribution >= 0.6 is 12.6 Å². The lowest BCUT2D eigenvalue weighted by molar-refractivity contribution is -0.111. The second-order valence-electron chi connectivity index (χ2n) is 6.49. The van der Waals surface area contributed by atoms with Gasteiger partial charge in [0.15, 0.2) is 0 Å². The molecule has 0 amide bonds. The number of carbonyl (C=O) groups excluding carboxylic acids is 1. The monoisotopic (exact) mass is 385 g/mol. The molecule has 0 saturated carbocycles. The van der Waals surface area contributed by atoms with Crippen molar-refractivity contribution in [2.24, 2.45) is 0 Å². The second kappa shape index (κ2) is 9.30. The Balaban J connectivity index is 2.08. The molecule has 0 fully saturated rings. The molecule has 28 heavy (non-hydrogen) atoms.